The summed E-state index contributed by atoms with van der Waals surface area (Å²) >= 11 is 1.68. The lowest BCUT2D eigenvalue weighted by atomic mass is 10.1. The number of thioether (sulfide) groups is 1. The van der Waals surface area contributed by atoms with Gasteiger partial charge in [0.25, 0.3) is 0 Å². The van der Waals surface area contributed by atoms with Crippen molar-refractivity contribution in [3.8, 4) is 0 Å². The van der Waals surface area contributed by atoms with E-state index in [-0.39, 0.29) is 5.69 Å². The Morgan fingerprint density at radius 1 is 1.28 bits per heavy atom. The monoisotopic (exact) mass is 270 g/mol. The van der Waals surface area contributed by atoms with Crippen molar-refractivity contribution in [2.24, 2.45) is 0 Å². The third-order valence-electron chi connectivity index (χ3n) is 3.26. The van der Waals surface area contributed by atoms with Crippen molar-refractivity contribution in [2.75, 3.05) is 25.4 Å². The van der Waals surface area contributed by atoms with Crippen LogP contribution in [0.25, 0.3) is 0 Å². The van der Waals surface area contributed by atoms with Gasteiger partial charge in [0.2, 0.25) is 0 Å². The zero-order valence-corrected chi connectivity index (χ0v) is 11.8. The largest absolute Gasteiger partial charge is 0.343 e. The van der Waals surface area contributed by atoms with Crippen LogP contribution in [0.3, 0.4) is 0 Å². The molecule has 5 nitrogen and oxygen atoms in total. The lowest BCUT2D eigenvalue weighted by Gasteiger charge is -2.25. The van der Waals surface area contributed by atoms with Crippen LogP contribution >= 0.6 is 11.8 Å². The average Bonchev–Trinajstić information content (AvgIpc) is 2.73. The van der Waals surface area contributed by atoms with Crippen LogP contribution in [-0.2, 0) is 6.54 Å². The fourth-order valence-corrected chi connectivity index (χ4v) is 3.26. The highest BCUT2D eigenvalue weighted by Crippen LogP contribution is 2.15. The van der Waals surface area contributed by atoms with Gasteiger partial charge in [0.05, 0.1) is 0 Å². The van der Waals surface area contributed by atoms with E-state index in [9.17, 15) is 4.79 Å². The van der Waals surface area contributed by atoms with E-state index < -0.39 is 0 Å². The Morgan fingerprint density at radius 2 is 2.06 bits per heavy atom. The molecule has 0 amide bonds. The van der Waals surface area contributed by atoms with Crippen molar-refractivity contribution >= 4 is 11.8 Å². The van der Waals surface area contributed by atoms with Crippen molar-refractivity contribution in [2.45, 2.75) is 44.3 Å². The number of aromatic amines is 1. The summed E-state index contributed by atoms with van der Waals surface area (Å²) in [5.74, 6) is 1.01. The molecule has 0 bridgehead atoms. The maximum absolute atomic E-state index is 11.5. The van der Waals surface area contributed by atoms with Gasteiger partial charge in [-0.15, -0.1) is 5.10 Å². The van der Waals surface area contributed by atoms with Crippen molar-refractivity contribution in [3.63, 3.8) is 0 Å². The lowest BCUT2D eigenvalue weighted by molar-refractivity contribution is 0.242. The van der Waals surface area contributed by atoms with Gasteiger partial charge in [0.1, 0.15) is 0 Å². The smallest absolute Gasteiger partial charge is 0.303 e. The van der Waals surface area contributed by atoms with E-state index in [1.54, 1.807) is 16.3 Å². The Labute approximate surface area is 112 Å². The van der Waals surface area contributed by atoms with Crippen LogP contribution < -0.4 is 5.69 Å². The Bertz CT molecular complexity index is 408. The molecule has 0 atom stereocenters. The van der Waals surface area contributed by atoms with Crippen LogP contribution in [0.2, 0.25) is 0 Å². The van der Waals surface area contributed by atoms with Crippen molar-refractivity contribution < 1.29 is 0 Å². The molecule has 6 heteroatoms. The summed E-state index contributed by atoms with van der Waals surface area (Å²) in [6, 6.07) is 0. The van der Waals surface area contributed by atoms with Crippen molar-refractivity contribution in [1.82, 2.24) is 19.7 Å². The highest BCUT2D eigenvalue weighted by atomic mass is 32.2. The SMILES string of the molecule is CCCn1c(SCCN2CCCCC2)n[nH]c1=O. The van der Waals surface area contributed by atoms with Crippen molar-refractivity contribution in [1.29, 1.82) is 0 Å². The molecule has 0 aromatic carbocycles. The van der Waals surface area contributed by atoms with Gasteiger partial charge in [-0.05, 0) is 32.4 Å². The molecule has 18 heavy (non-hydrogen) atoms. The number of piperidine rings is 1. The molecule has 1 aromatic heterocycles. The molecule has 1 aliphatic heterocycles. The number of nitrogens with one attached hydrogen (secondary N) is 1. The molecule has 1 aliphatic rings. The van der Waals surface area contributed by atoms with Crippen LogP contribution in [-0.4, -0.2) is 45.1 Å². The number of rotatable bonds is 6. The standard InChI is InChI=1S/C12H22N4OS/c1-2-6-16-11(17)13-14-12(16)18-10-9-15-7-4-3-5-8-15/h2-10H2,1H3,(H,13,17). The first kappa shape index (κ1) is 13.7. The van der Waals surface area contributed by atoms with Crippen LogP contribution in [0, 0.1) is 0 Å². The van der Waals surface area contributed by atoms with Crippen molar-refractivity contribution in [3.05, 3.63) is 10.5 Å². The summed E-state index contributed by atoms with van der Waals surface area (Å²) < 4.78 is 1.74. The summed E-state index contributed by atoms with van der Waals surface area (Å²) in [6.07, 6.45) is 4.99. The first-order valence-electron chi connectivity index (χ1n) is 6.81. The molecule has 1 N–H and O–H groups in total. The van der Waals surface area contributed by atoms with E-state index in [4.69, 9.17) is 0 Å². The lowest BCUT2D eigenvalue weighted by Crippen LogP contribution is -2.31. The highest BCUT2D eigenvalue weighted by Gasteiger charge is 2.11. The van der Waals surface area contributed by atoms with E-state index >= 15 is 0 Å². The van der Waals surface area contributed by atoms with Crippen LogP contribution in [0.1, 0.15) is 32.6 Å². The van der Waals surface area contributed by atoms with Gasteiger partial charge < -0.3 is 4.90 Å². The zero-order chi connectivity index (χ0) is 12.8. The van der Waals surface area contributed by atoms with Crippen LogP contribution in [0.5, 0.6) is 0 Å². The fraction of sp³-hybridized carbons (Fsp3) is 0.833. The molecular formula is C12H22N4OS. The zero-order valence-electron chi connectivity index (χ0n) is 11.0. The van der Waals surface area contributed by atoms with E-state index in [1.807, 2.05) is 0 Å². The summed E-state index contributed by atoms with van der Waals surface area (Å²) in [5, 5.41) is 7.45. The van der Waals surface area contributed by atoms with Crippen LogP contribution in [0.4, 0.5) is 0 Å². The summed E-state index contributed by atoms with van der Waals surface area (Å²) in [4.78, 5) is 14.0. The molecule has 0 aliphatic carbocycles. The third kappa shape index (κ3) is 3.62. The van der Waals surface area contributed by atoms with Gasteiger partial charge in [-0.2, -0.15) is 0 Å². The van der Waals surface area contributed by atoms with E-state index in [1.165, 1.54) is 32.4 Å². The molecule has 0 radical (unpaired) electrons. The predicted molar refractivity (Wildman–Crippen MR) is 74.2 cm³/mol. The van der Waals surface area contributed by atoms with Crippen LogP contribution in [0.15, 0.2) is 9.95 Å². The minimum Gasteiger partial charge on any atom is -0.303 e. The maximum Gasteiger partial charge on any atom is 0.343 e. The topological polar surface area (TPSA) is 53.9 Å². The molecule has 2 rings (SSSR count). The highest BCUT2D eigenvalue weighted by molar-refractivity contribution is 7.99. The van der Waals surface area contributed by atoms with Gasteiger partial charge in [-0.1, -0.05) is 25.1 Å². The molecule has 1 aromatic rings. The first-order chi connectivity index (χ1) is 8.81. The number of nitrogens with zero attached hydrogens (tertiary/aromatic N) is 3. The van der Waals surface area contributed by atoms with Gasteiger partial charge in [0.15, 0.2) is 5.16 Å². The predicted octanol–water partition coefficient (Wildman–Crippen LogP) is 1.56. The molecule has 0 spiro atoms. The Balaban J connectivity index is 1.80. The molecule has 102 valence electrons. The second kappa shape index (κ2) is 6.99. The van der Waals surface area contributed by atoms with Gasteiger partial charge in [0, 0.05) is 18.8 Å². The second-order valence-electron chi connectivity index (χ2n) is 4.71. The molecule has 0 unspecified atom stereocenters. The van der Waals surface area contributed by atoms with Gasteiger partial charge in [-0.25, -0.2) is 9.89 Å². The first-order valence-corrected chi connectivity index (χ1v) is 7.80. The Hall–Kier alpha value is -0.750. The fourth-order valence-electron chi connectivity index (χ4n) is 2.28. The van der Waals surface area contributed by atoms with Gasteiger partial charge >= 0.3 is 5.69 Å². The average molecular weight is 270 g/mol. The number of H-pyrrole nitrogens is 1. The molecule has 2 heterocycles. The summed E-state index contributed by atoms with van der Waals surface area (Å²) in [5.41, 5.74) is -0.0858. The van der Waals surface area contributed by atoms with E-state index in [0.29, 0.717) is 0 Å². The van der Waals surface area contributed by atoms with E-state index in [0.717, 1.165) is 30.4 Å². The number of hydrogen-bond donors (Lipinski definition) is 1. The summed E-state index contributed by atoms with van der Waals surface area (Å²) in [6.45, 7) is 6.37. The normalized spacial score (nSPS) is 17.2. The molecule has 1 fully saturated rings. The van der Waals surface area contributed by atoms with E-state index in [2.05, 4.69) is 22.0 Å². The Kier molecular flexibility index (Phi) is 5.31. The number of likely N-dealkylation sites (tertiary alicyclic amines) is 1. The molecule has 0 saturated carbocycles. The maximum atomic E-state index is 11.5. The Morgan fingerprint density at radius 3 is 2.78 bits per heavy atom. The second-order valence-corrected chi connectivity index (χ2v) is 5.78. The number of hydrogen-bond acceptors (Lipinski definition) is 4. The minimum atomic E-state index is -0.0858. The summed E-state index contributed by atoms with van der Waals surface area (Å²) in [7, 11) is 0. The number of aromatic nitrogens is 3. The minimum absolute atomic E-state index is 0.0858. The molecular weight excluding hydrogens is 248 g/mol. The van der Waals surface area contributed by atoms with Gasteiger partial charge in [-0.3, -0.25) is 4.57 Å². The third-order valence-corrected chi connectivity index (χ3v) is 4.21. The molecule has 1 saturated heterocycles. The quantitative estimate of drug-likeness (QED) is 0.797.